The van der Waals surface area contributed by atoms with Crippen molar-refractivity contribution in [3.63, 3.8) is 0 Å². The molecular formula is C16H15ClN4O. The molecule has 0 saturated heterocycles. The van der Waals surface area contributed by atoms with Crippen LogP contribution in [0.3, 0.4) is 0 Å². The molecule has 1 heterocycles. The lowest BCUT2D eigenvalue weighted by Crippen LogP contribution is -2.13. The van der Waals surface area contributed by atoms with Crippen molar-refractivity contribution < 1.29 is 4.79 Å². The Balaban J connectivity index is 2.32. The topological polar surface area (TPSA) is 70.7 Å². The molecule has 112 valence electrons. The molecule has 0 aliphatic rings. The van der Waals surface area contributed by atoms with E-state index in [1.807, 2.05) is 27.0 Å². The summed E-state index contributed by atoms with van der Waals surface area (Å²) in [6.07, 6.45) is 1.55. The largest absolute Gasteiger partial charge is 0.320 e. The molecule has 1 aromatic heterocycles. The van der Waals surface area contributed by atoms with Crippen molar-refractivity contribution in [2.45, 2.75) is 13.8 Å². The second-order valence-corrected chi connectivity index (χ2v) is 5.22. The zero-order valence-corrected chi connectivity index (χ0v) is 13.3. The molecule has 0 fully saturated rings. The molecule has 1 N–H and O–H groups in total. The van der Waals surface area contributed by atoms with E-state index in [0.717, 1.165) is 17.0 Å². The quantitative estimate of drug-likeness (QED) is 0.698. The predicted octanol–water partition coefficient (Wildman–Crippen LogP) is 3.24. The Morgan fingerprint density at radius 2 is 2.09 bits per heavy atom. The third-order valence-corrected chi connectivity index (χ3v) is 3.67. The number of anilines is 1. The van der Waals surface area contributed by atoms with Gasteiger partial charge < -0.3 is 5.32 Å². The Morgan fingerprint density at radius 3 is 2.64 bits per heavy atom. The number of carbonyl (C=O) groups excluding carboxylic acids is 1. The number of nitrogens with zero attached hydrogens (tertiary/aromatic N) is 3. The Hall–Kier alpha value is -2.58. The van der Waals surface area contributed by atoms with Crippen molar-refractivity contribution in [3.05, 3.63) is 51.8 Å². The molecule has 2 aromatic rings. The summed E-state index contributed by atoms with van der Waals surface area (Å²) >= 11 is 6.00. The zero-order valence-electron chi connectivity index (χ0n) is 12.5. The first-order valence-electron chi connectivity index (χ1n) is 6.62. The van der Waals surface area contributed by atoms with Crippen LogP contribution in [-0.2, 0) is 11.8 Å². The summed E-state index contributed by atoms with van der Waals surface area (Å²) in [7, 11) is 1.82. The number of para-hydroxylation sites is 1. The Bertz CT molecular complexity index is 799. The average molecular weight is 315 g/mol. The summed E-state index contributed by atoms with van der Waals surface area (Å²) in [5.41, 5.74) is 2.89. The van der Waals surface area contributed by atoms with E-state index in [0.29, 0.717) is 10.7 Å². The third-order valence-electron chi connectivity index (χ3n) is 3.34. The van der Waals surface area contributed by atoms with Crippen LogP contribution in [0.4, 0.5) is 5.69 Å². The highest BCUT2D eigenvalue weighted by molar-refractivity contribution is 6.34. The first-order valence-corrected chi connectivity index (χ1v) is 6.99. The maximum Gasteiger partial charge on any atom is 0.266 e. The molecule has 5 nitrogen and oxygen atoms in total. The van der Waals surface area contributed by atoms with E-state index in [2.05, 4.69) is 10.4 Å². The van der Waals surface area contributed by atoms with Crippen LogP contribution >= 0.6 is 11.6 Å². The minimum atomic E-state index is -0.502. The van der Waals surface area contributed by atoms with Crippen molar-refractivity contribution in [2.24, 2.45) is 7.05 Å². The molecule has 0 radical (unpaired) electrons. The lowest BCUT2D eigenvalue weighted by Gasteiger charge is -2.06. The summed E-state index contributed by atoms with van der Waals surface area (Å²) < 4.78 is 1.71. The number of halogens is 1. The maximum atomic E-state index is 12.2. The van der Waals surface area contributed by atoms with Gasteiger partial charge in [0.1, 0.15) is 11.6 Å². The first kappa shape index (κ1) is 15.8. The number of nitriles is 1. The van der Waals surface area contributed by atoms with Crippen LogP contribution in [0, 0.1) is 25.2 Å². The standard InChI is InChI=1S/C16H15ClN4O/c1-10-13(11(2)21(3)20-10)8-12(9-18)16(22)19-15-7-5-4-6-14(15)17/h4-8H,1-3H3,(H,19,22)/b12-8+. The van der Waals surface area contributed by atoms with E-state index >= 15 is 0 Å². The van der Waals surface area contributed by atoms with Gasteiger partial charge in [-0.05, 0) is 32.1 Å². The Morgan fingerprint density at radius 1 is 1.41 bits per heavy atom. The number of carbonyl (C=O) groups is 1. The van der Waals surface area contributed by atoms with Crippen LogP contribution in [0.2, 0.25) is 5.02 Å². The normalized spacial score (nSPS) is 11.1. The number of aryl methyl sites for hydroxylation is 2. The number of hydrogen-bond donors (Lipinski definition) is 1. The zero-order chi connectivity index (χ0) is 16.3. The van der Waals surface area contributed by atoms with Gasteiger partial charge in [0.15, 0.2) is 0 Å². The molecule has 0 unspecified atom stereocenters. The maximum absolute atomic E-state index is 12.2. The van der Waals surface area contributed by atoms with Crippen molar-refractivity contribution in [1.82, 2.24) is 9.78 Å². The van der Waals surface area contributed by atoms with Gasteiger partial charge in [0, 0.05) is 18.3 Å². The predicted molar refractivity (Wildman–Crippen MR) is 86.4 cm³/mol. The number of hydrogen-bond acceptors (Lipinski definition) is 3. The van der Waals surface area contributed by atoms with Crippen LogP contribution in [-0.4, -0.2) is 15.7 Å². The van der Waals surface area contributed by atoms with E-state index < -0.39 is 5.91 Å². The second-order valence-electron chi connectivity index (χ2n) is 4.81. The molecule has 0 atom stereocenters. The van der Waals surface area contributed by atoms with Crippen molar-refractivity contribution in [1.29, 1.82) is 5.26 Å². The molecule has 0 aliphatic carbocycles. The summed E-state index contributed by atoms with van der Waals surface area (Å²) in [5, 5.41) is 16.6. The van der Waals surface area contributed by atoms with Gasteiger partial charge in [-0.1, -0.05) is 23.7 Å². The van der Waals surface area contributed by atoms with Crippen LogP contribution < -0.4 is 5.32 Å². The molecule has 0 aliphatic heterocycles. The van der Waals surface area contributed by atoms with Crippen LogP contribution in [0.25, 0.3) is 6.08 Å². The molecular weight excluding hydrogens is 300 g/mol. The molecule has 2 rings (SSSR count). The van der Waals surface area contributed by atoms with E-state index in [9.17, 15) is 10.1 Å². The van der Waals surface area contributed by atoms with Gasteiger partial charge in [-0.25, -0.2) is 0 Å². The Labute approximate surface area is 133 Å². The van der Waals surface area contributed by atoms with E-state index in [4.69, 9.17) is 11.6 Å². The number of benzene rings is 1. The fourth-order valence-electron chi connectivity index (χ4n) is 2.04. The van der Waals surface area contributed by atoms with Crippen molar-refractivity contribution >= 4 is 29.3 Å². The van der Waals surface area contributed by atoms with Gasteiger partial charge >= 0.3 is 0 Å². The Kier molecular flexibility index (Phi) is 4.64. The van der Waals surface area contributed by atoms with Crippen LogP contribution in [0.15, 0.2) is 29.8 Å². The molecule has 1 aromatic carbocycles. The van der Waals surface area contributed by atoms with Crippen LogP contribution in [0.5, 0.6) is 0 Å². The highest BCUT2D eigenvalue weighted by Crippen LogP contribution is 2.22. The average Bonchev–Trinajstić information content (AvgIpc) is 2.72. The van der Waals surface area contributed by atoms with E-state index in [1.165, 1.54) is 0 Å². The summed E-state index contributed by atoms with van der Waals surface area (Å²) in [6, 6.07) is 8.79. The number of rotatable bonds is 3. The molecule has 6 heteroatoms. The first-order chi connectivity index (χ1) is 10.4. The fraction of sp³-hybridized carbons (Fsp3) is 0.188. The minimum absolute atomic E-state index is 0.000815. The number of nitrogens with one attached hydrogen (secondary N) is 1. The van der Waals surface area contributed by atoms with Crippen LogP contribution in [0.1, 0.15) is 17.0 Å². The number of aromatic nitrogens is 2. The van der Waals surface area contributed by atoms with Gasteiger partial charge in [0.2, 0.25) is 0 Å². The lowest BCUT2D eigenvalue weighted by atomic mass is 10.1. The fourth-order valence-corrected chi connectivity index (χ4v) is 2.23. The summed E-state index contributed by atoms with van der Waals surface area (Å²) in [4.78, 5) is 12.2. The van der Waals surface area contributed by atoms with E-state index in [1.54, 1.807) is 35.0 Å². The van der Waals surface area contributed by atoms with Gasteiger partial charge in [-0.15, -0.1) is 0 Å². The van der Waals surface area contributed by atoms with Crippen molar-refractivity contribution in [3.8, 4) is 6.07 Å². The summed E-state index contributed by atoms with van der Waals surface area (Å²) in [5.74, 6) is -0.502. The highest BCUT2D eigenvalue weighted by Gasteiger charge is 2.14. The lowest BCUT2D eigenvalue weighted by molar-refractivity contribution is -0.112. The summed E-state index contributed by atoms with van der Waals surface area (Å²) in [6.45, 7) is 3.71. The third kappa shape index (κ3) is 3.18. The number of amides is 1. The molecule has 0 bridgehead atoms. The monoisotopic (exact) mass is 314 g/mol. The van der Waals surface area contributed by atoms with Crippen molar-refractivity contribution in [2.75, 3.05) is 5.32 Å². The minimum Gasteiger partial charge on any atom is -0.320 e. The smallest absolute Gasteiger partial charge is 0.266 e. The van der Waals surface area contributed by atoms with Gasteiger partial charge in [-0.2, -0.15) is 10.4 Å². The van der Waals surface area contributed by atoms with Gasteiger partial charge in [0.25, 0.3) is 5.91 Å². The SMILES string of the molecule is Cc1nn(C)c(C)c1/C=C(\C#N)C(=O)Nc1ccccc1Cl. The molecule has 0 spiro atoms. The molecule has 1 amide bonds. The van der Waals surface area contributed by atoms with Gasteiger partial charge in [0.05, 0.1) is 16.4 Å². The van der Waals surface area contributed by atoms with Gasteiger partial charge in [-0.3, -0.25) is 9.48 Å². The van der Waals surface area contributed by atoms with E-state index in [-0.39, 0.29) is 5.57 Å². The highest BCUT2D eigenvalue weighted by atomic mass is 35.5. The molecule has 22 heavy (non-hydrogen) atoms. The molecule has 0 saturated carbocycles. The second kappa shape index (κ2) is 6.46.